The highest BCUT2D eigenvalue weighted by Gasteiger charge is 2.23. The van der Waals surface area contributed by atoms with Crippen LogP contribution in [0.15, 0.2) is 40.9 Å². The van der Waals surface area contributed by atoms with Crippen LogP contribution in [-0.4, -0.2) is 22.9 Å². The highest BCUT2D eigenvalue weighted by Crippen LogP contribution is 2.33. The lowest BCUT2D eigenvalue weighted by atomic mass is 9.90. The Labute approximate surface area is 158 Å². The van der Waals surface area contributed by atoms with Crippen LogP contribution in [0.1, 0.15) is 50.3 Å². The summed E-state index contributed by atoms with van der Waals surface area (Å²) in [5.41, 5.74) is 3.15. The summed E-state index contributed by atoms with van der Waals surface area (Å²) in [5, 5.41) is 19.8. The second-order valence-corrected chi connectivity index (χ2v) is 8.50. The van der Waals surface area contributed by atoms with Gasteiger partial charge in [0.2, 0.25) is 0 Å². The van der Waals surface area contributed by atoms with E-state index >= 15 is 0 Å². The van der Waals surface area contributed by atoms with E-state index in [2.05, 4.69) is 35.0 Å². The van der Waals surface area contributed by atoms with Gasteiger partial charge in [0.05, 0.1) is 10.6 Å². The molecule has 0 fully saturated rings. The highest BCUT2D eigenvalue weighted by molar-refractivity contribution is 9.10. The molecular weight excluding hydrogens is 380 g/mol. The number of hydrogen-bond acceptors (Lipinski definition) is 3. The van der Waals surface area contributed by atoms with E-state index < -0.39 is 6.10 Å². The van der Waals surface area contributed by atoms with Gasteiger partial charge in [-0.3, -0.25) is 0 Å². The molecule has 2 aromatic rings. The summed E-state index contributed by atoms with van der Waals surface area (Å²) < 4.78 is 6.51. The molecule has 2 aromatic carbocycles. The van der Waals surface area contributed by atoms with Crippen LogP contribution in [0.2, 0.25) is 0 Å². The first-order valence-corrected chi connectivity index (χ1v) is 9.28. The van der Waals surface area contributed by atoms with Gasteiger partial charge in [-0.2, -0.15) is 0 Å². The summed E-state index contributed by atoms with van der Waals surface area (Å²) in [6.45, 7) is 10.4. The number of aromatic hydroxyl groups is 1. The van der Waals surface area contributed by atoms with Gasteiger partial charge in [-0.25, -0.2) is 0 Å². The van der Waals surface area contributed by atoms with E-state index in [-0.39, 0.29) is 23.7 Å². The number of rotatable bonds is 5. The molecule has 0 saturated heterocycles. The van der Waals surface area contributed by atoms with E-state index in [1.54, 1.807) is 6.07 Å². The Morgan fingerprint density at radius 3 is 2.24 bits per heavy atom. The maximum absolute atomic E-state index is 10.1. The number of ether oxygens (including phenoxy) is 1. The number of aryl methyl sites for hydroxylation is 1. The Kier molecular flexibility index (Phi) is 6.17. The smallest absolute Gasteiger partial charge is 0.129 e. The van der Waals surface area contributed by atoms with Gasteiger partial charge >= 0.3 is 0 Å². The van der Waals surface area contributed by atoms with E-state index in [0.717, 1.165) is 16.9 Å². The largest absolute Gasteiger partial charge is 0.507 e. The van der Waals surface area contributed by atoms with Crippen LogP contribution in [0.4, 0.5) is 0 Å². The van der Waals surface area contributed by atoms with Crippen LogP contribution < -0.4 is 4.74 Å². The third-order valence-corrected chi connectivity index (χ3v) is 5.20. The van der Waals surface area contributed by atoms with Crippen molar-refractivity contribution in [1.82, 2.24) is 0 Å². The van der Waals surface area contributed by atoms with Crippen LogP contribution in [0, 0.1) is 12.3 Å². The summed E-state index contributed by atoms with van der Waals surface area (Å²) in [5.74, 6) is 1.24. The summed E-state index contributed by atoms with van der Waals surface area (Å²) in [7, 11) is 0. The number of phenols is 1. The minimum atomic E-state index is -0.514. The van der Waals surface area contributed by atoms with Crippen molar-refractivity contribution in [3.63, 3.8) is 0 Å². The number of aliphatic hydroxyl groups excluding tert-OH is 1. The van der Waals surface area contributed by atoms with Crippen LogP contribution in [0.5, 0.6) is 11.5 Å². The SMILES string of the molecule is Cc1cc(C(C)c2ccc(O)c(Br)c2)ccc1OCC(O)C(C)(C)C. The quantitative estimate of drug-likeness (QED) is 0.698. The van der Waals surface area contributed by atoms with Crippen molar-refractivity contribution in [3.05, 3.63) is 57.6 Å². The number of benzene rings is 2. The first-order chi connectivity index (χ1) is 11.6. The molecule has 4 heteroatoms. The summed E-state index contributed by atoms with van der Waals surface area (Å²) in [6.07, 6.45) is -0.514. The molecule has 0 heterocycles. The lowest BCUT2D eigenvalue weighted by Crippen LogP contribution is -2.32. The van der Waals surface area contributed by atoms with E-state index in [1.807, 2.05) is 45.9 Å². The zero-order valence-corrected chi connectivity index (χ0v) is 17.1. The highest BCUT2D eigenvalue weighted by atomic mass is 79.9. The molecule has 0 aliphatic rings. The van der Waals surface area contributed by atoms with Gasteiger partial charge in [0, 0.05) is 5.92 Å². The molecule has 3 nitrogen and oxygen atoms in total. The molecule has 0 bridgehead atoms. The van der Waals surface area contributed by atoms with Crippen molar-refractivity contribution < 1.29 is 14.9 Å². The predicted molar refractivity (Wildman–Crippen MR) is 105 cm³/mol. The van der Waals surface area contributed by atoms with E-state index in [4.69, 9.17) is 4.74 Å². The molecule has 2 rings (SSSR count). The predicted octanol–water partition coefficient (Wildman–Crippen LogP) is 5.40. The number of halogens is 1. The lowest BCUT2D eigenvalue weighted by Gasteiger charge is -2.26. The van der Waals surface area contributed by atoms with Gasteiger partial charge in [0.15, 0.2) is 0 Å². The standard InChI is InChI=1S/C21H27BrO3/c1-13-10-15(14(2)16-6-8-18(23)17(22)11-16)7-9-19(13)25-12-20(24)21(3,4)5/h6-11,14,20,23-24H,12H2,1-5H3. The number of hydrogen-bond donors (Lipinski definition) is 2. The van der Waals surface area contributed by atoms with E-state index in [9.17, 15) is 10.2 Å². The molecule has 0 spiro atoms. The molecular formula is C21H27BrO3. The first-order valence-electron chi connectivity index (χ1n) is 8.49. The Balaban J connectivity index is 2.14. The molecule has 136 valence electrons. The van der Waals surface area contributed by atoms with Crippen molar-refractivity contribution >= 4 is 15.9 Å². The Morgan fingerprint density at radius 1 is 1.08 bits per heavy atom. The summed E-state index contributed by atoms with van der Waals surface area (Å²) >= 11 is 3.37. The fourth-order valence-electron chi connectivity index (χ4n) is 2.51. The molecule has 0 amide bonds. The topological polar surface area (TPSA) is 49.7 Å². The van der Waals surface area contributed by atoms with Gasteiger partial charge in [-0.1, -0.05) is 45.9 Å². The zero-order chi connectivity index (χ0) is 18.8. The lowest BCUT2D eigenvalue weighted by molar-refractivity contribution is 0.0216. The molecule has 25 heavy (non-hydrogen) atoms. The maximum Gasteiger partial charge on any atom is 0.129 e. The zero-order valence-electron chi connectivity index (χ0n) is 15.5. The molecule has 2 unspecified atom stereocenters. The summed E-state index contributed by atoms with van der Waals surface area (Å²) in [4.78, 5) is 0. The minimum Gasteiger partial charge on any atom is -0.507 e. The summed E-state index contributed by atoms with van der Waals surface area (Å²) in [6, 6.07) is 11.7. The number of aliphatic hydroxyl groups is 1. The fourth-order valence-corrected chi connectivity index (χ4v) is 2.90. The number of phenolic OH excluding ortho intramolecular Hbond substituents is 1. The molecule has 0 aromatic heterocycles. The molecule has 0 aliphatic carbocycles. The molecule has 2 atom stereocenters. The Hall–Kier alpha value is -1.52. The van der Waals surface area contributed by atoms with Gasteiger partial charge in [0.25, 0.3) is 0 Å². The van der Waals surface area contributed by atoms with Crippen LogP contribution in [-0.2, 0) is 0 Å². The monoisotopic (exact) mass is 406 g/mol. The second-order valence-electron chi connectivity index (χ2n) is 7.65. The fraction of sp³-hybridized carbons (Fsp3) is 0.429. The van der Waals surface area contributed by atoms with Crippen molar-refractivity contribution in [3.8, 4) is 11.5 Å². The van der Waals surface area contributed by atoms with Gasteiger partial charge < -0.3 is 14.9 Å². The van der Waals surface area contributed by atoms with Gasteiger partial charge in [-0.15, -0.1) is 0 Å². The minimum absolute atomic E-state index is 0.199. The van der Waals surface area contributed by atoms with Gasteiger partial charge in [0.1, 0.15) is 18.1 Å². The van der Waals surface area contributed by atoms with Crippen LogP contribution >= 0.6 is 15.9 Å². The molecule has 0 saturated carbocycles. The van der Waals surface area contributed by atoms with Crippen molar-refractivity contribution in [1.29, 1.82) is 0 Å². The third-order valence-electron chi connectivity index (χ3n) is 4.57. The third kappa shape index (κ3) is 4.99. The van der Waals surface area contributed by atoms with Crippen LogP contribution in [0.25, 0.3) is 0 Å². The van der Waals surface area contributed by atoms with E-state index in [1.165, 1.54) is 5.56 Å². The molecule has 0 aliphatic heterocycles. The average Bonchev–Trinajstić information content (AvgIpc) is 2.54. The molecule has 2 N–H and O–H groups in total. The maximum atomic E-state index is 10.1. The normalized spacial score (nSPS) is 14.2. The van der Waals surface area contributed by atoms with Crippen LogP contribution in [0.3, 0.4) is 0 Å². The van der Waals surface area contributed by atoms with Crippen molar-refractivity contribution in [2.45, 2.75) is 46.6 Å². The van der Waals surface area contributed by atoms with Gasteiger partial charge in [-0.05, 0) is 63.2 Å². The molecule has 0 radical (unpaired) electrons. The Bertz CT molecular complexity index is 734. The first kappa shape index (κ1) is 19.8. The van der Waals surface area contributed by atoms with Crippen molar-refractivity contribution in [2.24, 2.45) is 5.41 Å². The second kappa shape index (κ2) is 7.79. The Morgan fingerprint density at radius 2 is 1.68 bits per heavy atom. The van der Waals surface area contributed by atoms with Crippen molar-refractivity contribution in [2.75, 3.05) is 6.61 Å². The van der Waals surface area contributed by atoms with E-state index in [0.29, 0.717) is 4.47 Å². The average molecular weight is 407 g/mol.